The molecule has 4 aromatic rings. The number of halogens is 2. The summed E-state index contributed by atoms with van der Waals surface area (Å²) in [4.78, 5) is 15.9. The van der Waals surface area contributed by atoms with Crippen LogP contribution in [0.1, 0.15) is 33.5 Å². The molecule has 3 heterocycles. The van der Waals surface area contributed by atoms with E-state index in [9.17, 15) is 9.90 Å². The predicted molar refractivity (Wildman–Crippen MR) is 184 cm³/mol. The lowest BCUT2D eigenvalue weighted by atomic mass is 9.99. The topological polar surface area (TPSA) is 109 Å². The van der Waals surface area contributed by atoms with Crippen molar-refractivity contribution in [1.82, 2.24) is 24.9 Å². The third-order valence-corrected chi connectivity index (χ3v) is 9.09. The summed E-state index contributed by atoms with van der Waals surface area (Å²) in [5, 5.41) is 20.7. The molecular formula is C36H38Cl2N6O3. The Kier molecular flexibility index (Phi) is 10.8. The van der Waals surface area contributed by atoms with E-state index >= 15 is 0 Å². The van der Waals surface area contributed by atoms with Crippen molar-refractivity contribution >= 4 is 29.2 Å². The fourth-order valence-corrected chi connectivity index (χ4v) is 6.26. The van der Waals surface area contributed by atoms with E-state index in [4.69, 9.17) is 38.8 Å². The maximum absolute atomic E-state index is 12.1. The summed E-state index contributed by atoms with van der Waals surface area (Å²) < 4.78 is 7.33. The largest absolute Gasteiger partial charge is 0.390 e. The number of carbonyl (C=O) groups excluding carboxylic acids is 1. The van der Waals surface area contributed by atoms with Gasteiger partial charge in [-0.05, 0) is 47.5 Å². The molecule has 2 amide bonds. The number of nitrogens with one attached hydrogen (secondary N) is 1. The monoisotopic (exact) mass is 672 g/mol. The number of aromatic nitrogens is 2. The van der Waals surface area contributed by atoms with Crippen LogP contribution in [0.3, 0.4) is 0 Å². The Labute approximate surface area is 285 Å². The van der Waals surface area contributed by atoms with Gasteiger partial charge in [0, 0.05) is 78.7 Å². The molecule has 1 fully saturated rings. The Balaban J connectivity index is 1.18. The molecule has 0 spiro atoms. The Hall–Kier alpha value is -3.88. The average Bonchev–Trinajstić information content (AvgIpc) is 3.43. The first kappa shape index (κ1) is 33.0. The van der Waals surface area contributed by atoms with E-state index in [1.54, 1.807) is 4.90 Å². The van der Waals surface area contributed by atoms with Crippen LogP contribution >= 0.6 is 23.2 Å². The summed E-state index contributed by atoms with van der Waals surface area (Å²) in [6.45, 7) is 6.18. The summed E-state index contributed by atoms with van der Waals surface area (Å²) in [6, 6.07) is 21.2. The number of benzene rings is 3. The Morgan fingerprint density at radius 1 is 0.957 bits per heavy atom. The van der Waals surface area contributed by atoms with E-state index in [1.165, 1.54) is 5.56 Å². The van der Waals surface area contributed by atoms with Gasteiger partial charge in [-0.25, -0.2) is 4.79 Å². The molecule has 1 saturated heterocycles. The van der Waals surface area contributed by atoms with Crippen LogP contribution in [-0.4, -0.2) is 76.2 Å². The predicted octanol–water partition coefficient (Wildman–Crippen LogP) is 4.68. The Morgan fingerprint density at radius 3 is 2.36 bits per heavy atom. The molecule has 2 aliphatic rings. The lowest BCUT2D eigenvalue weighted by molar-refractivity contribution is 0.0106. The molecule has 1 atom stereocenters. The molecule has 4 N–H and O–H groups in total. The zero-order chi connectivity index (χ0) is 32.8. The van der Waals surface area contributed by atoms with Crippen LogP contribution in [0.25, 0.3) is 11.3 Å². The fraction of sp³-hybridized carbons (Fsp3) is 0.333. The van der Waals surface area contributed by atoms with E-state index in [0.29, 0.717) is 56.4 Å². The van der Waals surface area contributed by atoms with E-state index in [1.807, 2.05) is 59.3 Å². The Morgan fingerprint density at radius 2 is 1.66 bits per heavy atom. The second-order valence-corrected chi connectivity index (χ2v) is 12.7. The minimum absolute atomic E-state index is 0.350. The molecule has 0 bridgehead atoms. The van der Waals surface area contributed by atoms with E-state index in [0.717, 1.165) is 64.8 Å². The average molecular weight is 674 g/mol. The third-order valence-electron chi connectivity index (χ3n) is 8.51. The van der Waals surface area contributed by atoms with Crippen molar-refractivity contribution in [2.75, 3.05) is 39.4 Å². The molecular weight excluding hydrogens is 635 g/mol. The van der Waals surface area contributed by atoms with Crippen LogP contribution in [0.15, 0.2) is 66.7 Å². The smallest absolute Gasteiger partial charge is 0.315 e. The summed E-state index contributed by atoms with van der Waals surface area (Å²) in [6.07, 6.45) is -0.000896. The van der Waals surface area contributed by atoms with Crippen molar-refractivity contribution in [2.45, 2.75) is 38.7 Å². The zero-order valence-corrected chi connectivity index (χ0v) is 27.6. The van der Waals surface area contributed by atoms with Crippen LogP contribution in [-0.2, 0) is 37.3 Å². The van der Waals surface area contributed by atoms with Gasteiger partial charge in [0.2, 0.25) is 0 Å². The molecule has 11 heteroatoms. The maximum Gasteiger partial charge on any atom is 0.315 e. The summed E-state index contributed by atoms with van der Waals surface area (Å²) in [5.74, 6) is 6.48. The van der Waals surface area contributed by atoms with Gasteiger partial charge in [0.05, 0.1) is 43.1 Å². The second-order valence-electron chi connectivity index (χ2n) is 11.9. The summed E-state index contributed by atoms with van der Waals surface area (Å²) in [7, 11) is 0. The fourth-order valence-electron chi connectivity index (χ4n) is 5.97. The highest BCUT2D eigenvalue weighted by Crippen LogP contribution is 2.32. The van der Waals surface area contributed by atoms with Gasteiger partial charge >= 0.3 is 6.03 Å². The number of morpholine rings is 1. The molecule has 3 aromatic carbocycles. The summed E-state index contributed by atoms with van der Waals surface area (Å²) in [5.41, 5.74) is 13.1. The number of urea groups is 1. The number of hydrogen-bond acceptors (Lipinski definition) is 6. The van der Waals surface area contributed by atoms with Crippen molar-refractivity contribution < 1.29 is 14.6 Å². The van der Waals surface area contributed by atoms with Gasteiger partial charge in [-0.3, -0.25) is 9.58 Å². The van der Waals surface area contributed by atoms with Crippen molar-refractivity contribution in [2.24, 2.45) is 5.73 Å². The number of rotatable bonds is 9. The first-order chi connectivity index (χ1) is 22.8. The number of hydrogen-bond donors (Lipinski definition) is 3. The number of fused-ring (bicyclic) bond motifs is 1. The van der Waals surface area contributed by atoms with Gasteiger partial charge in [0.15, 0.2) is 0 Å². The molecule has 9 nitrogen and oxygen atoms in total. The number of ether oxygens (including phenoxy) is 1. The van der Waals surface area contributed by atoms with Gasteiger partial charge < -0.3 is 25.8 Å². The lowest BCUT2D eigenvalue weighted by Crippen LogP contribution is -2.42. The highest BCUT2D eigenvalue weighted by molar-refractivity contribution is 6.31. The number of primary amides is 1. The van der Waals surface area contributed by atoms with Crippen LogP contribution in [0.5, 0.6) is 0 Å². The molecule has 6 rings (SSSR count). The van der Waals surface area contributed by atoms with Crippen LogP contribution in [0.2, 0.25) is 10.0 Å². The first-order valence-electron chi connectivity index (χ1n) is 15.8. The quantitative estimate of drug-likeness (QED) is 0.223. The van der Waals surface area contributed by atoms with Crippen LogP contribution in [0, 0.1) is 11.8 Å². The van der Waals surface area contributed by atoms with Crippen molar-refractivity contribution in [3.63, 3.8) is 0 Å². The van der Waals surface area contributed by atoms with E-state index in [-0.39, 0.29) is 0 Å². The maximum atomic E-state index is 12.1. The number of aliphatic hydroxyl groups is 1. The molecule has 0 aliphatic carbocycles. The second kappa shape index (κ2) is 15.3. The SMILES string of the molecule is NC(=O)N1CCc2c(c(-c3ccc(Cl)c(C#Cc4ccc(CNCc5ccc(Cl)cc5)cc4)c3)nn2C[C@H](O)CN2CCOCC2)C1. The molecule has 244 valence electrons. The third kappa shape index (κ3) is 8.54. The summed E-state index contributed by atoms with van der Waals surface area (Å²) >= 11 is 12.6. The van der Waals surface area contributed by atoms with E-state index in [2.05, 4.69) is 34.2 Å². The molecule has 1 aromatic heterocycles. The van der Waals surface area contributed by atoms with Crippen molar-refractivity contribution in [3.8, 4) is 23.1 Å². The molecule has 0 saturated carbocycles. The molecule has 2 aliphatic heterocycles. The highest BCUT2D eigenvalue weighted by atomic mass is 35.5. The van der Waals surface area contributed by atoms with Crippen LogP contribution in [0.4, 0.5) is 4.79 Å². The Bertz CT molecular complexity index is 1760. The molecule has 0 radical (unpaired) electrons. The number of carbonyl (C=O) groups is 1. The number of nitrogens with zero attached hydrogens (tertiary/aromatic N) is 4. The lowest BCUT2D eigenvalue weighted by Gasteiger charge is -2.29. The van der Waals surface area contributed by atoms with Gasteiger partial charge in [-0.2, -0.15) is 5.10 Å². The number of nitrogens with two attached hydrogens (primary N) is 1. The van der Waals surface area contributed by atoms with Gasteiger partial charge in [-0.1, -0.05) is 65.4 Å². The minimum atomic E-state index is -0.601. The number of amides is 2. The van der Waals surface area contributed by atoms with Gasteiger partial charge in [-0.15, -0.1) is 0 Å². The van der Waals surface area contributed by atoms with E-state index < -0.39 is 12.1 Å². The standard InChI is InChI=1S/C36H38Cl2N6O3/c37-30-10-6-27(7-11-30)21-40-20-26-3-1-25(2-4-26)5-8-28-19-29(9-12-33(28)38)35-32-24-43(36(39)46)14-13-34(32)44(41-35)23-31(45)22-42-15-17-47-18-16-42/h1-4,6-7,9-12,19,31,40,45H,13-18,20-24H2,(H2,39,46)/t31-/m1/s1. The number of β-amino-alcohol motifs (C(OH)–C–C–N with tert-alkyl or cyclic N) is 1. The minimum Gasteiger partial charge on any atom is -0.390 e. The van der Waals surface area contributed by atoms with Gasteiger partial charge in [0.25, 0.3) is 0 Å². The highest BCUT2D eigenvalue weighted by Gasteiger charge is 2.28. The van der Waals surface area contributed by atoms with Crippen molar-refractivity contribution in [3.05, 3.63) is 110 Å². The van der Waals surface area contributed by atoms with Crippen LogP contribution < -0.4 is 11.1 Å². The normalized spacial score (nSPS) is 15.5. The first-order valence-corrected chi connectivity index (χ1v) is 16.5. The molecule has 47 heavy (non-hydrogen) atoms. The number of aliphatic hydroxyl groups excluding tert-OH is 1. The van der Waals surface area contributed by atoms with Crippen molar-refractivity contribution in [1.29, 1.82) is 0 Å². The zero-order valence-electron chi connectivity index (χ0n) is 26.1. The molecule has 0 unspecified atom stereocenters. The van der Waals surface area contributed by atoms with Gasteiger partial charge in [0.1, 0.15) is 0 Å².